The van der Waals surface area contributed by atoms with Gasteiger partial charge >= 0.3 is 0 Å². The first kappa shape index (κ1) is 19.1. The van der Waals surface area contributed by atoms with E-state index < -0.39 is 12.1 Å². The van der Waals surface area contributed by atoms with Crippen LogP contribution in [-0.2, 0) is 14.4 Å². The van der Waals surface area contributed by atoms with Crippen LogP contribution in [0, 0.1) is 5.92 Å². The zero-order chi connectivity index (χ0) is 19.2. The highest BCUT2D eigenvalue weighted by Gasteiger charge is 2.39. The average Bonchev–Trinajstić information content (AvgIpc) is 2.88. The van der Waals surface area contributed by atoms with Gasteiger partial charge in [-0.25, -0.2) is 0 Å². The topological polar surface area (TPSA) is 98.7 Å². The van der Waals surface area contributed by atoms with E-state index in [1.54, 1.807) is 11.0 Å². The van der Waals surface area contributed by atoms with E-state index in [4.69, 9.17) is 0 Å². The second-order valence-corrected chi connectivity index (χ2v) is 7.06. The molecule has 2 aliphatic rings. The number of nitrogens with one attached hydrogen (secondary N) is 2. The Morgan fingerprint density at radius 2 is 2.00 bits per heavy atom. The van der Waals surface area contributed by atoms with Crippen LogP contribution in [0.3, 0.4) is 0 Å². The van der Waals surface area contributed by atoms with Crippen molar-refractivity contribution in [3.8, 4) is 0 Å². The lowest BCUT2D eigenvalue weighted by molar-refractivity contribution is -0.138. The predicted octanol–water partition coefficient (Wildman–Crippen LogP) is 0.304. The monoisotopic (exact) mass is 371 g/mol. The maximum Gasteiger partial charge on any atom is 0.244 e. The molecule has 1 aliphatic carbocycles. The number of aliphatic hydroxyl groups is 1. The summed E-state index contributed by atoms with van der Waals surface area (Å²) in [5.41, 5.74) is 0.909. The van der Waals surface area contributed by atoms with Crippen molar-refractivity contribution in [2.75, 3.05) is 19.6 Å². The average molecular weight is 371 g/mol. The first-order valence-electron chi connectivity index (χ1n) is 9.30. The number of hydrogen-bond acceptors (Lipinski definition) is 4. The van der Waals surface area contributed by atoms with Crippen molar-refractivity contribution in [2.45, 2.75) is 31.4 Å². The molecule has 1 saturated carbocycles. The number of carbonyl (C=O) groups is 3. The minimum atomic E-state index is -0.770. The third-order valence-corrected chi connectivity index (χ3v) is 5.01. The Labute approximate surface area is 158 Å². The SMILES string of the molecule is O=C(C=Cc1ccccc1)N[C@@H]1C[C@H](C(=O)N2CCCNC(=O)C2)C[C@H]1O. The summed E-state index contributed by atoms with van der Waals surface area (Å²) in [7, 11) is 0. The second-order valence-electron chi connectivity index (χ2n) is 7.06. The molecule has 3 rings (SSSR count). The van der Waals surface area contributed by atoms with Crippen molar-refractivity contribution < 1.29 is 19.5 Å². The molecule has 1 aliphatic heterocycles. The summed E-state index contributed by atoms with van der Waals surface area (Å²) in [6.45, 7) is 1.16. The van der Waals surface area contributed by atoms with Crippen LogP contribution in [0.1, 0.15) is 24.8 Å². The van der Waals surface area contributed by atoms with Gasteiger partial charge in [-0.3, -0.25) is 14.4 Å². The van der Waals surface area contributed by atoms with Crippen LogP contribution in [0.15, 0.2) is 36.4 Å². The van der Waals surface area contributed by atoms with Crippen molar-refractivity contribution in [2.24, 2.45) is 5.92 Å². The quantitative estimate of drug-likeness (QED) is 0.663. The van der Waals surface area contributed by atoms with Crippen LogP contribution < -0.4 is 10.6 Å². The largest absolute Gasteiger partial charge is 0.391 e. The highest BCUT2D eigenvalue weighted by Crippen LogP contribution is 2.28. The molecule has 3 N–H and O–H groups in total. The Balaban J connectivity index is 1.54. The Kier molecular flexibility index (Phi) is 6.24. The highest BCUT2D eigenvalue weighted by molar-refractivity contribution is 5.92. The molecule has 1 saturated heterocycles. The molecule has 0 spiro atoms. The molecule has 144 valence electrons. The van der Waals surface area contributed by atoms with Crippen LogP contribution in [0.2, 0.25) is 0 Å². The van der Waals surface area contributed by atoms with Gasteiger partial charge in [-0.05, 0) is 30.9 Å². The van der Waals surface area contributed by atoms with E-state index >= 15 is 0 Å². The number of rotatable bonds is 4. The van der Waals surface area contributed by atoms with Crippen molar-refractivity contribution >= 4 is 23.8 Å². The maximum absolute atomic E-state index is 12.7. The van der Waals surface area contributed by atoms with Crippen molar-refractivity contribution in [3.05, 3.63) is 42.0 Å². The van der Waals surface area contributed by atoms with Gasteiger partial charge in [0.2, 0.25) is 17.7 Å². The van der Waals surface area contributed by atoms with Crippen LogP contribution in [-0.4, -0.2) is 59.5 Å². The molecule has 2 fully saturated rings. The summed E-state index contributed by atoms with van der Waals surface area (Å²) in [6, 6.07) is 8.99. The first-order chi connectivity index (χ1) is 13.0. The zero-order valence-corrected chi connectivity index (χ0v) is 15.1. The lowest BCUT2D eigenvalue weighted by Crippen LogP contribution is -2.41. The maximum atomic E-state index is 12.7. The first-order valence-corrected chi connectivity index (χ1v) is 9.30. The van der Waals surface area contributed by atoms with E-state index in [0.717, 1.165) is 12.0 Å². The van der Waals surface area contributed by atoms with Gasteiger partial charge in [-0.1, -0.05) is 30.3 Å². The summed E-state index contributed by atoms with van der Waals surface area (Å²) < 4.78 is 0. The Morgan fingerprint density at radius 1 is 1.22 bits per heavy atom. The van der Waals surface area contributed by atoms with Gasteiger partial charge in [0.05, 0.1) is 18.7 Å². The molecule has 1 aromatic rings. The van der Waals surface area contributed by atoms with E-state index in [-0.39, 0.29) is 30.2 Å². The molecule has 3 atom stereocenters. The molecular weight excluding hydrogens is 346 g/mol. The van der Waals surface area contributed by atoms with E-state index in [0.29, 0.717) is 25.9 Å². The smallest absolute Gasteiger partial charge is 0.244 e. The summed E-state index contributed by atoms with van der Waals surface area (Å²) in [5.74, 6) is -0.961. The van der Waals surface area contributed by atoms with Crippen LogP contribution in [0.4, 0.5) is 0 Å². The number of carbonyl (C=O) groups excluding carboxylic acids is 3. The molecule has 0 radical (unpaired) electrons. The second kappa shape index (κ2) is 8.81. The molecular formula is C20H25N3O4. The fraction of sp³-hybridized carbons (Fsp3) is 0.450. The third-order valence-electron chi connectivity index (χ3n) is 5.01. The van der Waals surface area contributed by atoms with Crippen LogP contribution in [0.25, 0.3) is 6.08 Å². The van der Waals surface area contributed by atoms with E-state index in [9.17, 15) is 19.5 Å². The zero-order valence-electron chi connectivity index (χ0n) is 15.1. The number of nitrogens with zero attached hydrogens (tertiary/aromatic N) is 1. The molecule has 0 bridgehead atoms. The highest BCUT2D eigenvalue weighted by atomic mass is 16.3. The van der Waals surface area contributed by atoms with E-state index in [1.165, 1.54) is 6.08 Å². The Morgan fingerprint density at radius 3 is 2.78 bits per heavy atom. The summed E-state index contributed by atoms with van der Waals surface area (Å²) in [5, 5.41) is 15.8. The molecule has 3 amide bonds. The number of amides is 3. The summed E-state index contributed by atoms with van der Waals surface area (Å²) in [6.07, 6.45) is 3.75. The van der Waals surface area contributed by atoms with Crippen molar-refractivity contribution in [3.63, 3.8) is 0 Å². The molecule has 1 heterocycles. The molecule has 7 heteroatoms. The number of benzene rings is 1. The van der Waals surface area contributed by atoms with E-state index in [1.807, 2.05) is 30.3 Å². The van der Waals surface area contributed by atoms with Gasteiger partial charge in [0.1, 0.15) is 0 Å². The Bertz CT molecular complexity index is 719. The molecule has 27 heavy (non-hydrogen) atoms. The third kappa shape index (κ3) is 5.17. The van der Waals surface area contributed by atoms with Gasteiger partial charge in [0.15, 0.2) is 0 Å². The van der Waals surface area contributed by atoms with Gasteiger partial charge in [0.25, 0.3) is 0 Å². The lowest BCUT2D eigenvalue weighted by Gasteiger charge is -2.22. The van der Waals surface area contributed by atoms with Crippen molar-refractivity contribution in [1.29, 1.82) is 0 Å². The van der Waals surface area contributed by atoms with Gasteiger partial charge in [-0.2, -0.15) is 0 Å². The minimum Gasteiger partial charge on any atom is -0.391 e. The van der Waals surface area contributed by atoms with Crippen LogP contribution >= 0.6 is 0 Å². The number of aliphatic hydroxyl groups excluding tert-OH is 1. The van der Waals surface area contributed by atoms with Crippen molar-refractivity contribution in [1.82, 2.24) is 15.5 Å². The van der Waals surface area contributed by atoms with Crippen LogP contribution in [0.5, 0.6) is 0 Å². The van der Waals surface area contributed by atoms with Gasteiger partial charge in [-0.15, -0.1) is 0 Å². The minimum absolute atomic E-state index is 0.0578. The van der Waals surface area contributed by atoms with Gasteiger partial charge in [0, 0.05) is 25.1 Å². The molecule has 0 aromatic heterocycles. The number of hydrogen-bond donors (Lipinski definition) is 3. The molecule has 1 aromatic carbocycles. The standard InChI is InChI=1S/C20H25N3O4/c24-17-12-15(20(27)23-10-4-9-21-19(26)13-23)11-16(17)22-18(25)8-7-14-5-2-1-3-6-14/h1-3,5-8,15-17,24H,4,9-13H2,(H,21,26)(H,22,25)/t15-,16+,17+/m0/s1. The normalized spacial score (nSPS) is 25.9. The summed E-state index contributed by atoms with van der Waals surface area (Å²) >= 11 is 0. The van der Waals surface area contributed by atoms with E-state index in [2.05, 4.69) is 10.6 Å². The predicted molar refractivity (Wildman–Crippen MR) is 100 cm³/mol. The summed E-state index contributed by atoms with van der Waals surface area (Å²) in [4.78, 5) is 38.0. The molecule has 0 unspecified atom stereocenters. The Hall–Kier alpha value is -2.67. The van der Waals surface area contributed by atoms with Gasteiger partial charge < -0.3 is 20.6 Å². The fourth-order valence-corrected chi connectivity index (χ4v) is 3.59. The fourth-order valence-electron chi connectivity index (χ4n) is 3.59. The molecule has 7 nitrogen and oxygen atoms in total. The lowest BCUT2D eigenvalue weighted by atomic mass is 10.1.